The highest BCUT2D eigenvalue weighted by Crippen LogP contribution is 2.31. The number of carbonyl (C=O) groups excluding carboxylic acids is 3. The molecule has 0 radical (unpaired) electrons. The Morgan fingerprint density at radius 1 is 1.21 bits per heavy atom. The summed E-state index contributed by atoms with van der Waals surface area (Å²) in [5.74, 6) is -0.690. The highest BCUT2D eigenvalue weighted by atomic mass is 16.5. The van der Waals surface area contributed by atoms with Crippen molar-refractivity contribution in [3.63, 3.8) is 0 Å². The van der Waals surface area contributed by atoms with Crippen LogP contribution in [0.5, 0.6) is 0 Å². The topological polar surface area (TPSA) is 83.9 Å². The van der Waals surface area contributed by atoms with Gasteiger partial charge in [0.15, 0.2) is 0 Å². The monoisotopic (exact) mass is 384 g/mol. The molecule has 0 saturated carbocycles. The fourth-order valence-corrected chi connectivity index (χ4v) is 3.86. The van der Waals surface area contributed by atoms with Crippen molar-refractivity contribution in [2.75, 3.05) is 39.9 Å². The first-order valence-electron chi connectivity index (χ1n) is 9.42. The third-order valence-corrected chi connectivity index (χ3v) is 5.79. The molecule has 0 aliphatic carbocycles. The molecule has 1 fully saturated rings. The molecule has 1 aromatic carbocycles. The number of morpholine rings is 1. The molecule has 8 nitrogen and oxygen atoms in total. The molecule has 0 spiro atoms. The van der Waals surface area contributed by atoms with Gasteiger partial charge in [-0.3, -0.25) is 14.4 Å². The fraction of sp³-hybridized carbons (Fsp3) is 0.450. The largest absolute Gasteiger partial charge is 0.378 e. The van der Waals surface area contributed by atoms with Gasteiger partial charge in [0, 0.05) is 31.0 Å². The van der Waals surface area contributed by atoms with Crippen molar-refractivity contribution in [2.45, 2.75) is 19.0 Å². The van der Waals surface area contributed by atoms with Gasteiger partial charge in [0.2, 0.25) is 11.8 Å². The summed E-state index contributed by atoms with van der Waals surface area (Å²) in [6.45, 7) is 4.06. The maximum Gasteiger partial charge on any atom is 0.271 e. The molecular formula is C20H24N4O4. The third-order valence-electron chi connectivity index (χ3n) is 5.79. The number of carbonyl (C=O) groups is 3. The van der Waals surface area contributed by atoms with Crippen LogP contribution in [0.3, 0.4) is 0 Å². The summed E-state index contributed by atoms with van der Waals surface area (Å²) in [6.07, 6.45) is 0. The molecule has 1 N–H and O–H groups in total. The van der Waals surface area contributed by atoms with E-state index < -0.39 is 5.54 Å². The smallest absolute Gasteiger partial charge is 0.271 e. The molecule has 3 amide bonds. The molecule has 1 saturated heterocycles. The van der Waals surface area contributed by atoms with E-state index in [1.165, 1.54) is 4.90 Å². The van der Waals surface area contributed by atoms with E-state index in [0.717, 1.165) is 10.9 Å². The number of hydrogen-bond donors (Lipinski definition) is 1. The van der Waals surface area contributed by atoms with Crippen molar-refractivity contribution in [1.82, 2.24) is 19.7 Å². The lowest BCUT2D eigenvalue weighted by molar-refractivity contribution is -0.139. The molecule has 148 valence electrons. The number of nitrogens with one attached hydrogen (secondary N) is 1. The number of fused-ring (bicyclic) bond motifs is 3. The molecule has 1 atom stereocenters. The average molecular weight is 384 g/mol. The molecule has 0 bridgehead atoms. The molecule has 2 aromatic rings. The van der Waals surface area contributed by atoms with E-state index in [1.54, 1.807) is 18.9 Å². The van der Waals surface area contributed by atoms with Crippen LogP contribution in [0, 0.1) is 0 Å². The molecule has 1 aromatic heterocycles. The molecule has 3 heterocycles. The van der Waals surface area contributed by atoms with Gasteiger partial charge in [0.1, 0.15) is 11.2 Å². The SMILES string of the molecule is CN1C(=O)c2cc3ccccc3n2C[C@@]1(C)C(=O)NCC(=O)N1CCOCC1. The van der Waals surface area contributed by atoms with E-state index in [0.29, 0.717) is 38.5 Å². The molecule has 4 rings (SSSR count). The van der Waals surface area contributed by atoms with E-state index >= 15 is 0 Å². The van der Waals surface area contributed by atoms with Crippen molar-refractivity contribution in [1.29, 1.82) is 0 Å². The first kappa shape index (κ1) is 18.5. The quantitative estimate of drug-likeness (QED) is 0.833. The molecule has 2 aliphatic rings. The zero-order valence-electron chi connectivity index (χ0n) is 16.1. The van der Waals surface area contributed by atoms with E-state index in [-0.39, 0.29) is 24.3 Å². The maximum absolute atomic E-state index is 13.0. The summed E-state index contributed by atoms with van der Waals surface area (Å²) in [4.78, 5) is 41.4. The van der Waals surface area contributed by atoms with Crippen molar-refractivity contribution < 1.29 is 19.1 Å². The number of rotatable bonds is 3. The Hall–Kier alpha value is -2.87. The summed E-state index contributed by atoms with van der Waals surface area (Å²) in [6, 6.07) is 9.58. The third kappa shape index (κ3) is 2.93. The van der Waals surface area contributed by atoms with Crippen LogP contribution in [0.25, 0.3) is 10.9 Å². The van der Waals surface area contributed by atoms with Gasteiger partial charge in [-0.2, -0.15) is 0 Å². The first-order chi connectivity index (χ1) is 13.4. The molecule has 0 unspecified atom stereocenters. The minimum Gasteiger partial charge on any atom is -0.378 e. The van der Waals surface area contributed by atoms with Crippen LogP contribution < -0.4 is 5.32 Å². The zero-order valence-corrected chi connectivity index (χ0v) is 16.1. The normalized spacial score (nSPS) is 22.3. The minimum absolute atomic E-state index is 0.0876. The number of para-hydroxylation sites is 1. The summed E-state index contributed by atoms with van der Waals surface area (Å²) in [5.41, 5.74) is 0.401. The van der Waals surface area contributed by atoms with E-state index in [9.17, 15) is 14.4 Å². The lowest BCUT2D eigenvalue weighted by Gasteiger charge is -2.42. The molecule has 2 aliphatic heterocycles. The average Bonchev–Trinajstić information content (AvgIpc) is 3.09. The van der Waals surface area contributed by atoms with Gasteiger partial charge in [0.05, 0.1) is 26.3 Å². The van der Waals surface area contributed by atoms with E-state index in [1.807, 2.05) is 34.9 Å². The number of amides is 3. The Morgan fingerprint density at radius 3 is 2.68 bits per heavy atom. The second kappa shape index (κ2) is 6.94. The van der Waals surface area contributed by atoms with Gasteiger partial charge in [-0.05, 0) is 19.1 Å². The van der Waals surface area contributed by atoms with E-state index in [2.05, 4.69) is 5.32 Å². The van der Waals surface area contributed by atoms with Crippen molar-refractivity contribution in [3.8, 4) is 0 Å². The van der Waals surface area contributed by atoms with Crippen LogP contribution in [0.4, 0.5) is 0 Å². The Balaban J connectivity index is 1.54. The Labute approximate surface area is 163 Å². The van der Waals surface area contributed by atoms with Gasteiger partial charge in [0.25, 0.3) is 5.91 Å². The van der Waals surface area contributed by atoms with Crippen LogP contribution in [-0.4, -0.2) is 77.5 Å². The lowest BCUT2D eigenvalue weighted by atomic mass is 9.95. The van der Waals surface area contributed by atoms with Crippen LogP contribution in [0.1, 0.15) is 17.4 Å². The molecule has 8 heteroatoms. The lowest BCUT2D eigenvalue weighted by Crippen LogP contribution is -2.63. The van der Waals surface area contributed by atoms with Gasteiger partial charge in [-0.25, -0.2) is 0 Å². The van der Waals surface area contributed by atoms with E-state index in [4.69, 9.17) is 4.74 Å². The molecular weight excluding hydrogens is 360 g/mol. The first-order valence-corrected chi connectivity index (χ1v) is 9.42. The Bertz CT molecular complexity index is 947. The van der Waals surface area contributed by atoms with Crippen LogP contribution in [0.15, 0.2) is 30.3 Å². The number of ether oxygens (including phenoxy) is 1. The predicted molar refractivity (Wildman–Crippen MR) is 103 cm³/mol. The maximum atomic E-state index is 13.0. The van der Waals surface area contributed by atoms with Gasteiger partial charge in [-0.15, -0.1) is 0 Å². The van der Waals surface area contributed by atoms with Crippen molar-refractivity contribution in [3.05, 3.63) is 36.0 Å². The van der Waals surface area contributed by atoms with Gasteiger partial charge >= 0.3 is 0 Å². The summed E-state index contributed by atoms with van der Waals surface area (Å²) >= 11 is 0. The summed E-state index contributed by atoms with van der Waals surface area (Å²) < 4.78 is 7.14. The number of hydrogen-bond acceptors (Lipinski definition) is 4. The number of likely N-dealkylation sites (N-methyl/N-ethyl adjacent to an activating group) is 1. The van der Waals surface area contributed by atoms with Crippen molar-refractivity contribution in [2.24, 2.45) is 0 Å². The standard InChI is InChI=1S/C20H24N4O4/c1-20(19(27)21-12-17(25)23-7-9-28-10-8-23)13-24-15-6-4-3-5-14(15)11-16(24)18(26)22(20)2/h3-6,11H,7-10,12-13H2,1-2H3,(H,21,27)/t20-/m0/s1. The van der Waals surface area contributed by atoms with Crippen LogP contribution in [-0.2, 0) is 20.9 Å². The second-order valence-corrected chi connectivity index (χ2v) is 7.49. The Morgan fingerprint density at radius 2 is 1.93 bits per heavy atom. The van der Waals surface area contributed by atoms with Crippen LogP contribution >= 0.6 is 0 Å². The highest BCUT2D eigenvalue weighted by Gasteiger charge is 2.45. The number of benzene rings is 1. The van der Waals surface area contributed by atoms with Gasteiger partial charge < -0.3 is 24.4 Å². The highest BCUT2D eigenvalue weighted by molar-refractivity contribution is 6.03. The van der Waals surface area contributed by atoms with Crippen LogP contribution in [0.2, 0.25) is 0 Å². The Kier molecular flexibility index (Phi) is 4.58. The number of aromatic nitrogens is 1. The van der Waals surface area contributed by atoms with Crippen molar-refractivity contribution >= 4 is 28.6 Å². The predicted octanol–water partition coefficient (Wildman–Crippen LogP) is 0.461. The minimum atomic E-state index is -1.09. The summed E-state index contributed by atoms with van der Waals surface area (Å²) in [7, 11) is 1.63. The second-order valence-electron chi connectivity index (χ2n) is 7.49. The number of nitrogens with zero attached hydrogens (tertiary/aromatic N) is 3. The molecule has 28 heavy (non-hydrogen) atoms. The fourth-order valence-electron chi connectivity index (χ4n) is 3.86. The summed E-state index contributed by atoms with van der Waals surface area (Å²) in [5, 5.41) is 3.70. The zero-order chi connectivity index (χ0) is 19.9. The van der Waals surface area contributed by atoms with Gasteiger partial charge in [-0.1, -0.05) is 18.2 Å².